The van der Waals surface area contributed by atoms with Gasteiger partial charge in [0.2, 0.25) is 0 Å². The number of quaternary nitrogens is 1. The van der Waals surface area contributed by atoms with Crippen LogP contribution in [0.2, 0.25) is 0 Å². The first-order chi connectivity index (χ1) is 3.39. The molecule has 0 aromatic heterocycles. The van der Waals surface area contributed by atoms with Crippen molar-refractivity contribution in [2.24, 2.45) is 0 Å². The van der Waals surface area contributed by atoms with Crippen molar-refractivity contribution in [1.29, 1.82) is 0 Å². The molecule has 0 bridgehead atoms. The Morgan fingerprint density at radius 2 is 2.43 bits per heavy atom. The fourth-order valence-electron chi connectivity index (χ4n) is 0.883. The number of hydrogen-bond donors (Lipinski definition) is 1. The molecule has 1 atom stereocenters. The molecule has 1 aliphatic rings. The zero-order chi connectivity index (χ0) is 5.11. The molecule has 1 nitrogen and oxygen atoms in total. The number of allylic oxidation sites excluding steroid dienone is 1. The van der Waals surface area contributed by atoms with Gasteiger partial charge in [0.15, 0.2) is 0 Å². The third kappa shape index (κ3) is 1.32. The summed E-state index contributed by atoms with van der Waals surface area (Å²) < 4.78 is 0. The van der Waals surface area contributed by atoms with Gasteiger partial charge in [0.05, 0.1) is 0 Å². The second kappa shape index (κ2) is 2.12. The molecule has 0 amide bonds. The van der Waals surface area contributed by atoms with Crippen LogP contribution in [0.3, 0.4) is 0 Å². The molecular weight excluding hydrogens is 86.1 g/mol. The minimum atomic E-state index is 0.605. The van der Waals surface area contributed by atoms with Crippen LogP contribution in [0.5, 0.6) is 0 Å². The summed E-state index contributed by atoms with van der Waals surface area (Å²) in [5.74, 6) is 0. The van der Waals surface area contributed by atoms with Crippen molar-refractivity contribution < 1.29 is 5.73 Å². The standard InChI is InChI=1S/C6H11N/c7-6-4-2-1-3-5-6/h2,4,6H,1,3,5,7H2/p+1/t6-/m1/s1. The minimum Gasteiger partial charge on any atom is -0.352 e. The molecule has 0 aromatic carbocycles. The van der Waals surface area contributed by atoms with E-state index < -0.39 is 0 Å². The largest absolute Gasteiger partial charge is 0.352 e. The Bertz CT molecular complexity index is 76.2. The maximum absolute atomic E-state index is 3.91. The SMILES string of the molecule is [NH3+][C@@H]1C=CCCC1. The van der Waals surface area contributed by atoms with Gasteiger partial charge in [-0.25, -0.2) is 0 Å². The highest BCUT2D eigenvalue weighted by Crippen LogP contribution is 2.05. The van der Waals surface area contributed by atoms with E-state index in [1.807, 2.05) is 0 Å². The molecule has 1 aliphatic carbocycles. The van der Waals surface area contributed by atoms with Gasteiger partial charge in [-0.3, -0.25) is 0 Å². The van der Waals surface area contributed by atoms with Crippen LogP contribution in [0.25, 0.3) is 0 Å². The summed E-state index contributed by atoms with van der Waals surface area (Å²) in [6.45, 7) is 0. The second-order valence-electron chi connectivity index (χ2n) is 2.12. The first kappa shape index (κ1) is 4.85. The van der Waals surface area contributed by atoms with Crippen LogP contribution in [-0.4, -0.2) is 6.04 Å². The van der Waals surface area contributed by atoms with Gasteiger partial charge in [-0.1, -0.05) is 6.08 Å². The average molecular weight is 98.2 g/mol. The van der Waals surface area contributed by atoms with E-state index in [9.17, 15) is 0 Å². The van der Waals surface area contributed by atoms with E-state index in [4.69, 9.17) is 0 Å². The summed E-state index contributed by atoms with van der Waals surface area (Å²) in [6, 6.07) is 0.605. The van der Waals surface area contributed by atoms with E-state index in [0.717, 1.165) is 0 Å². The molecule has 0 heterocycles. The van der Waals surface area contributed by atoms with Crippen LogP contribution < -0.4 is 5.73 Å². The van der Waals surface area contributed by atoms with Gasteiger partial charge in [0.1, 0.15) is 6.04 Å². The maximum atomic E-state index is 3.91. The van der Waals surface area contributed by atoms with Crippen LogP contribution in [0.1, 0.15) is 19.3 Å². The highest BCUT2D eigenvalue weighted by Gasteiger charge is 2.02. The normalized spacial score (nSPS) is 30.7. The van der Waals surface area contributed by atoms with Crippen LogP contribution >= 0.6 is 0 Å². The second-order valence-corrected chi connectivity index (χ2v) is 2.12. The van der Waals surface area contributed by atoms with Crippen molar-refractivity contribution in [3.8, 4) is 0 Å². The predicted molar refractivity (Wildman–Crippen MR) is 29.7 cm³/mol. The van der Waals surface area contributed by atoms with Crippen LogP contribution in [0.15, 0.2) is 12.2 Å². The molecular formula is C6H12N+. The molecule has 0 fully saturated rings. The maximum Gasteiger partial charge on any atom is 0.103 e. The van der Waals surface area contributed by atoms with E-state index in [1.54, 1.807) is 0 Å². The van der Waals surface area contributed by atoms with E-state index in [-0.39, 0.29) is 0 Å². The van der Waals surface area contributed by atoms with E-state index in [0.29, 0.717) is 6.04 Å². The molecule has 1 heteroatoms. The smallest absolute Gasteiger partial charge is 0.103 e. The summed E-state index contributed by atoms with van der Waals surface area (Å²) in [5, 5.41) is 0. The van der Waals surface area contributed by atoms with E-state index in [2.05, 4.69) is 17.9 Å². The molecule has 0 aromatic rings. The lowest BCUT2D eigenvalue weighted by Gasteiger charge is -2.05. The molecule has 0 saturated carbocycles. The first-order valence-electron chi connectivity index (χ1n) is 2.89. The Hall–Kier alpha value is -0.300. The summed E-state index contributed by atoms with van der Waals surface area (Å²) in [6.07, 6.45) is 8.32. The third-order valence-corrected chi connectivity index (χ3v) is 1.35. The van der Waals surface area contributed by atoms with Crippen LogP contribution in [0, 0.1) is 0 Å². The average Bonchev–Trinajstić information content (AvgIpc) is 1.69. The van der Waals surface area contributed by atoms with Crippen LogP contribution in [0.4, 0.5) is 0 Å². The van der Waals surface area contributed by atoms with Gasteiger partial charge >= 0.3 is 0 Å². The van der Waals surface area contributed by atoms with Gasteiger partial charge in [0.25, 0.3) is 0 Å². The third-order valence-electron chi connectivity index (χ3n) is 1.35. The Morgan fingerprint density at radius 3 is 2.71 bits per heavy atom. The fourth-order valence-corrected chi connectivity index (χ4v) is 0.883. The lowest BCUT2D eigenvalue weighted by atomic mass is 10.0. The van der Waals surface area contributed by atoms with Crippen molar-refractivity contribution in [2.45, 2.75) is 25.3 Å². The topological polar surface area (TPSA) is 27.6 Å². The quantitative estimate of drug-likeness (QED) is 0.423. The lowest BCUT2D eigenvalue weighted by molar-refractivity contribution is -0.405. The fraction of sp³-hybridized carbons (Fsp3) is 0.667. The monoisotopic (exact) mass is 98.1 g/mol. The molecule has 0 aliphatic heterocycles. The molecule has 0 spiro atoms. The molecule has 0 unspecified atom stereocenters. The van der Waals surface area contributed by atoms with Crippen molar-refractivity contribution in [3.63, 3.8) is 0 Å². The summed E-state index contributed by atoms with van der Waals surface area (Å²) in [7, 11) is 0. The molecule has 3 N–H and O–H groups in total. The number of hydrogen-bond acceptors (Lipinski definition) is 0. The first-order valence-corrected chi connectivity index (χ1v) is 2.89. The van der Waals surface area contributed by atoms with Crippen molar-refractivity contribution >= 4 is 0 Å². The van der Waals surface area contributed by atoms with Crippen LogP contribution in [-0.2, 0) is 0 Å². The summed E-state index contributed by atoms with van der Waals surface area (Å²) >= 11 is 0. The van der Waals surface area contributed by atoms with Crippen molar-refractivity contribution in [1.82, 2.24) is 0 Å². The summed E-state index contributed by atoms with van der Waals surface area (Å²) in [5.41, 5.74) is 3.91. The highest BCUT2D eigenvalue weighted by molar-refractivity contribution is 4.91. The van der Waals surface area contributed by atoms with Crippen molar-refractivity contribution in [2.75, 3.05) is 0 Å². The number of rotatable bonds is 0. The van der Waals surface area contributed by atoms with Gasteiger partial charge < -0.3 is 5.73 Å². The van der Waals surface area contributed by atoms with Gasteiger partial charge in [-0.15, -0.1) is 0 Å². The minimum absolute atomic E-state index is 0.605. The zero-order valence-electron chi connectivity index (χ0n) is 4.56. The Labute approximate surface area is 44.2 Å². The highest BCUT2D eigenvalue weighted by atomic mass is 14.6. The predicted octanol–water partition coefficient (Wildman–Crippen LogP) is 0.337. The molecule has 0 radical (unpaired) electrons. The lowest BCUT2D eigenvalue weighted by Crippen LogP contribution is -2.60. The van der Waals surface area contributed by atoms with Gasteiger partial charge in [-0.05, 0) is 18.9 Å². The molecule has 7 heavy (non-hydrogen) atoms. The van der Waals surface area contributed by atoms with Crippen molar-refractivity contribution in [3.05, 3.63) is 12.2 Å². The molecule has 40 valence electrons. The van der Waals surface area contributed by atoms with E-state index >= 15 is 0 Å². The Balaban J connectivity index is 2.36. The van der Waals surface area contributed by atoms with Gasteiger partial charge in [0, 0.05) is 6.42 Å². The molecule has 0 saturated heterocycles. The zero-order valence-corrected chi connectivity index (χ0v) is 4.56. The van der Waals surface area contributed by atoms with Gasteiger partial charge in [-0.2, -0.15) is 0 Å². The molecule has 1 rings (SSSR count). The van der Waals surface area contributed by atoms with E-state index in [1.165, 1.54) is 19.3 Å². The Kier molecular flexibility index (Phi) is 1.47. The Morgan fingerprint density at radius 1 is 1.57 bits per heavy atom. The summed E-state index contributed by atoms with van der Waals surface area (Å²) in [4.78, 5) is 0.